The van der Waals surface area contributed by atoms with E-state index in [1.165, 1.54) is 24.3 Å². The zero-order valence-electron chi connectivity index (χ0n) is 14.0. The molecule has 0 unspecified atom stereocenters. The van der Waals surface area contributed by atoms with Crippen LogP contribution in [0.5, 0.6) is 0 Å². The molecule has 0 aliphatic carbocycles. The first-order valence-corrected chi connectivity index (χ1v) is 10.0. The highest BCUT2D eigenvalue weighted by Crippen LogP contribution is 2.62. The van der Waals surface area contributed by atoms with Crippen molar-refractivity contribution in [3.05, 3.63) is 71.8 Å². The van der Waals surface area contributed by atoms with Crippen LogP contribution in [0.1, 0.15) is 11.1 Å². The fourth-order valence-electron chi connectivity index (χ4n) is 3.02. The third kappa shape index (κ3) is 2.87. The average Bonchev–Trinajstić information content (AvgIpc) is 2.98. The molecule has 0 bridgehead atoms. The number of alkyl halides is 7. The lowest BCUT2D eigenvalue weighted by molar-refractivity contribution is -0.277. The summed E-state index contributed by atoms with van der Waals surface area (Å²) in [6.07, 6.45) is -5.61. The van der Waals surface area contributed by atoms with Crippen molar-refractivity contribution in [2.75, 3.05) is 0 Å². The van der Waals surface area contributed by atoms with Crippen LogP contribution in [0.15, 0.2) is 65.8 Å². The van der Waals surface area contributed by atoms with E-state index in [1.807, 2.05) is 0 Å². The van der Waals surface area contributed by atoms with Gasteiger partial charge >= 0.3 is 11.7 Å². The molecule has 2 atom stereocenters. The van der Waals surface area contributed by atoms with E-state index < -0.39 is 42.1 Å². The van der Waals surface area contributed by atoms with Crippen molar-refractivity contribution >= 4 is 31.5 Å². The van der Waals surface area contributed by atoms with Gasteiger partial charge in [0.25, 0.3) is 15.4 Å². The molecule has 0 saturated carbocycles. The Balaban J connectivity index is 2.45. The standard InChI is InChI=1S/C17H10BrF6NO3S/c18-15(29(26,27)17(22,23)24)13(11-7-3-1-4-8-11)25-28-14(15,16(19,20)21)12-9-5-2-6-10-12/h1-10H/t14-,15-/m0/s1. The molecule has 29 heavy (non-hydrogen) atoms. The summed E-state index contributed by atoms with van der Waals surface area (Å²) in [6.45, 7) is 0. The number of nitrogens with zero attached hydrogens (tertiary/aromatic N) is 1. The third-order valence-electron chi connectivity index (χ3n) is 4.33. The molecule has 0 saturated heterocycles. The summed E-state index contributed by atoms with van der Waals surface area (Å²) >= 11 is 2.32. The Kier molecular flexibility index (Phi) is 5.02. The van der Waals surface area contributed by atoms with Crippen LogP contribution in [0.2, 0.25) is 0 Å². The molecule has 0 aromatic heterocycles. The fourth-order valence-corrected chi connectivity index (χ4v) is 5.77. The lowest BCUT2D eigenvalue weighted by atomic mass is 9.86. The van der Waals surface area contributed by atoms with Gasteiger partial charge in [-0.2, -0.15) is 26.3 Å². The molecule has 0 amide bonds. The molecule has 4 nitrogen and oxygen atoms in total. The van der Waals surface area contributed by atoms with Crippen LogP contribution in [-0.4, -0.2) is 29.5 Å². The summed E-state index contributed by atoms with van der Waals surface area (Å²) in [6, 6.07) is 11.5. The van der Waals surface area contributed by atoms with Crippen LogP contribution in [0, 0.1) is 0 Å². The van der Waals surface area contributed by atoms with E-state index in [0.717, 1.165) is 36.4 Å². The monoisotopic (exact) mass is 501 g/mol. The van der Waals surface area contributed by atoms with E-state index >= 15 is 0 Å². The predicted octanol–water partition coefficient (Wildman–Crippen LogP) is 4.90. The third-order valence-corrected chi connectivity index (χ3v) is 8.38. The molecule has 2 aromatic rings. The van der Waals surface area contributed by atoms with Gasteiger partial charge in [0.2, 0.25) is 3.66 Å². The first-order valence-electron chi connectivity index (χ1n) is 7.75. The topological polar surface area (TPSA) is 55.7 Å². The zero-order valence-corrected chi connectivity index (χ0v) is 16.4. The zero-order chi connectivity index (χ0) is 21.7. The van der Waals surface area contributed by atoms with E-state index in [4.69, 9.17) is 0 Å². The maximum Gasteiger partial charge on any atom is 0.499 e. The summed E-state index contributed by atoms with van der Waals surface area (Å²) in [7, 11) is -6.57. The van der Waals surface area contributed by atoms with Crippen LogP contribution in [-0.2, 0) is 20.3 Å². The highest BCUT2D eigenvalue weighted by molar-refractivity contribution is 9.12. The fraction of sp³-hybridized carbons (Fsp3) is 0.235. The van der Waals surface area contributed by atoms with Crippen LogP contribution in [0.4, 0.5) is 26.3 Å². The van der Waals surface area contributed by atoms with E-state index in [-0.39, 0.29) is 5.56 Å². The highest BCUT2D eigenvalue weighted by Gasteiger charge is 2.83. The van der Waals surface area contributed by atoms with E-state index in [1.54, 1.807) is 0 Å². The minimum Gasteiger partial charge on any atom is -0.371 e. The molecule has 3 rings (SSSR count). The van der Waals surface area contributed by atoms with Crippen molar-refractivity contribution < 1.29 is 39.6 Å². The second kappa shape index (κ2) is 6.73. The first kappa shape index (κ1) is 21.6. The summed E-state index contributed by atoms with van der Waals surface area (Å²) in [4.78, 5) is 4.59. The lowest BCUT2D eigenvalue weighted by Crippen LogP contribution is -2.64. The predicted molar refractivity (Wildman–Crippen MR) is 94.9 cm³/mol. The van der Waals surface area contributed by atoms with Crippen molar-refractivity contribution in [1.82, 2.24) is 0 Å². The maximum absolute atomic E-state index is 14.3. The van der Waals surface area contributed by atoms with Gasteiger partial charge in [-0.15, -0.1) is 0 Å². The van der Waals surface area contributed by atoms with Gasteiger partial charge in [-0.05, 0) is 0 Å². The molecule has 2 aromatic carbocycles. The minimum absolute atomic E-state index is 0.292. The Bertz CT molecular complexity index is 1040. The molecule has 0 radical (unpaired) electrons. The van der Waals surface area contributed by atoms with Crippen LogP contribution < -0.4 is 0 Å². The maximum atomic E-state index is 14.3. The molecule has 0 spiro atoms. The van der Waals surface area contributed by atoms with Gasteiger partial charge in [0, 0.05) is 11.1 Å². The number of oxime groups is 1. The first-order chi connectivity index (χ1) is 13.3. The highest BCUT2D eigenvalue weighted by atomic mass is 79.9. The Morgan fingerprint density at radius 3 is 1.79 bits per heavy atom. The van der Waals surface area contributed by atoms with Crippen molar-refractivity contribution in [3.8, 4) is 0 Å². The molecule has 12 heteroatoms. The Morgan fingerprint density at radius 1 is 0.862 bits per heavy atom. The van der Waals surface area contributed by atoms with Gasteiger partial charge in [-0.1, -0.05) is 81.7 Å². The molecular formula is C17H10BrF6NO3S. The number of hydrogen-bond donors (Lipinski definition) is 0. The van der Waals surface area contributed by atoms with Gasteiger partial charge in [-0.3, -0.25) is 0 Å². The van der Waals surface area contributed by atoms with Crippen molar-refractivity contribution in [2.24, 2.45) is 5.16 Å². The summed E-state index contributed by atoms with van der Waals surface area (Å²) in [5, 5.41) is 3.21. The second-order valence-corrected chi connectivity index (χ2v) is 9.78. The van der Waals surface area contributed by atoms with E-state index in [0.29, 0.717) is 0 Å². The van der Waals surface area contributed by atoms with Gasteiger partial charge in [-0.25, -0.2) is 8.42 Å². The van der Waals surface area contributed by atoms with Crippen LogP contribution >= 0.6 is 15.9 Å². The largest absolute Gasteiger partial charge is 0.499 e. The Labute approximate surface area is 169 Å². The summed E-state index contributed by atoms with van der Waals surface area (Å²) in [5.41, 5.74) is -12.3. The number of rotatable bonds is 3. The van der Waals surface area contributed by atoms with Crippen molar-refractivity contribution in [1.29, 1.82) is 0 Å². The second-order valence-electron chi connectivity index (χ2n) is 5.99. The molecule has 1 aliphatic heterocycles. The van der Waals surface area contributed by atoms with E-state index in [9.17, 15) is 34.8 Å². The van der Waals surface area contributed by atoms with Gasteiger partial charge < -0.3 is 4.84 Å². The van der Waals surface area contributed by atoms with Gasteiger partial charge in [0.15, 0.2) is 0 Å². The number of sulfone groups is 1. The number of halogens is 7. The number of benzene rings is 2. The van der Waals surface area contributed by atoms with Crippen molar-refractivity contribution in [2.45, 2.75) is 20.9 Å². The Hall–Kier alpha value is -2.08. The SMILES string of the molecule is O=S(=O)(C(F)(F)F)[C@@]1(Br)C(c2ccccc2)=NO[C@]1(c1ccccc1)C(F)(F)F. The normalized spacial score (nSPS) is 25.4. The van der Waals surface area contributed by atoms with Gasteiger partial charge in [0.1, 0.15) is 5.71 Å². The average molecular weight is 502 g/mol. The van der Waals surface area contributed by atoms with Gasteiger partial charge in [0.05, 0.1) is 0 Å². The lowest BCUT2D eigenvalue weighted by Gasteiger charge is -2.40. The van der Waals surface area contributed by atoms with Crippen molar-refractivity contribution in [3.63, 3.8) is 0 Å². The molecule has 1 heterocycles. The summed E-state index contributed by atoms with van der Waals surface area (Å²) < 4.78 is 105. The summed E-state index contributed by atoms with van der Waals surface area (Å²) in [5.74, 6) is 0. The molecular weight excluding hydrogens is 492 g/mol. The van der Waals surface area contributed by atoms with E-state index in [2.05, 4.69) is 25.9 Å². The molecule has 156 valence electrons. The quantitative estimate of drug-likeness (QED) is 0.443. The Morgan fingerprint density at radius 2 is 1.34 bits per heavy atom. The number of hydrogen-bond acceptors (Lipinski definition) is 4. The molecule has 1 aliphatic rings. The smallest absolute Gasteiger partial charge is 0.371 e. The molecule has 0 fully saturated rings. The van der Waals surface area contributed by atoms with Crippen LogP contribution in [0.3, 0.4) is 0 Å². The molecule has 0 N–H and O–H groups in total. The minimum atomic E-state index is -6.57. The van der Waals surface area contributed by atoms with Crippen LogP contribution in [0.25, 0.3) is 0 Å².